The van der Waals surface area contributed by atoms with Gasteiger partial charge < -0.3 is 5.32 Å². The van der Waals surface area contributed by atoms with Crippen LogP contribution in [0.25, 0.3) is 0 Å². The predicted molar refractivity (Wildman–Crippen MR) is 63.5 cm³/mol. The summed E-state index contributed by atoms with van der Waals surface area (Å²) in [5, 5.41) is 1.44. The van der Waals surface area contributed by atoms with E-state index in [1.165, 1.54) is 28.2 Å². The number of hydrogen-bond donors (Lipinski definition) is 1. The van der Waals surface area contributed by atoms with Crippen LogP contribution in [0.15, 0.2) is 18.2 Å². The van der Waals surface area contributed by atoms with E-state index in [1.807, 2.05) is 0 Å². The van der Waals surface area contributed by atoms with Gasteiger partial charge in [0, 0.05) is 5.69 Å². The molecule has 2 nitrogen and oxygen atoms in total. The maximum Gasteiger partial charge on any atom is 0.421 e. The van der Waals surface area contributed by atoms with Crippen molar-refractivity contribution in [3.8, 4) is 0 Å². The molecule has 118 valence electrons. The first-order chi connectivity index (χ1) is 9.30. The zero-order valence-corrected chi connectivity index (χ0v) is 11.8. The summed E-state index contributed by atoms with van der Waals surface area (Å²) >= 11 is 1.44. The van der Waals surface area contributed by atoms with Gasteiger partial charge in [-0.2, -0.15) is 26.3 Å². The molecule has 0 atom stereocenters. The minimum absolute atomic E-state index is 0.101. The summed E-state index contributed by atoms with van der Waals surface area (Å²) in [6.45, 7) is 1.28. The minimum atomic E-state index is -5.93. The maximum absolute atomic E-state index is 13.0. The molecule has 0 aliphatic rings. The van der Waals surface area contributed by atoms with E-state index >= 15 is 0 Å². The summed E-state index contributed by atoms with van der Waals surface area (Å²) < 4.78 is 84.0. The van der Waals surface area contributed by atoms with Crippen LogP contribution in [0, 0.1) is 12.7 Å². The smallest absolute Gasteiger partial charge is 0.324 e. The van der Waals surface area contributed by atoms with Crippen molar-refractivity contribution in [1.29, 1.82) is 0 Å². The number of carbonyl (C=O) groups excluding carboxylic acids is 1. The van der Waals surface area contributed by atoms with Gasteiger partial charge in [-0.15, -0.1) is 0 Å². The second kappa shape index (κ2) is 5.47. The van der Waals surface area contributed by atoms with Gasteiger partial charge in [0.1, 0.15) is 5.82 Å². The Kier molecular flexibility index (Phi) is 4.62. The normalized spacial score (nSPS) is 13.2. The number of nitrogens with one attached hydrogen (secondary N) is 1. The molecule has 21 heavy (non-hydrogen) atoms. The zero-order chi connectivity index (χ0) is 16.6. The molecule has 10 heteroatoms. The second-order valence-corrected chi connectivity index (χ2v) is 5.26. The van der Waals surface area contributed by atoms with Crippen LogP contribution in [-0.2, 0) is 4.79 Å². The number of aryl methyl sites for hydroxylation is 1. The minimum Gasteiger partial charge on any atom is -0.324 e. The maximum atomic E-state index is 13.0. The summed E-state index contributed by atoms with van der Waals surface area (Å²) in [7, 11) is 0. The largest absolute Gasteiger partial charge is 0.421 e. The Hall–Kier alpha value is -1.32. The summed E-state index contributed by atoms with van der Waals surface area (Å²) in [5.74, 6) is -3.33. The van der Waals surface area contributed by atoms with Gasteiger partial charge in [-0.3, -0.25) is 4.79 Å². The van der Waals surface area contributed by atoms with Crippen molar-refractivity contribution < 1.29 is 35.5 Å². The van der Waals surface area contributed by atoms with Crippen LogP contribution in [0.1, 0.15) is 5.56 Å². The number of rotatable bonds is 2. The Morgan fingerprint density at radius 3 is 2.00 bits per heavy atom. The molecule has 1 aromatic rings. The third-order valence-electron chi connectivity index (χ3n) is 2.54. The lowest BCUT2D eigenvalue weighted by Crippen LogP contribution is -2.59. The molecule has 0 saturated carbocycles. The fraction of sp³-hybridized carbons (Fsp3) is 0.364. The Balaban J connectivity index is 3.24. The molecule has 1 rings (SSSR count). The SMILES string of the molecule is Cc1ccc(F)cc1NC(=O)C(Br)(C(F)(F)F)C(F)(F)F. The first-order valence-electron chi connectivity index (χ1n) is 5.20. The van der Waals surface area contributed by atoms with E-state index in [-0.39, 0.29) is 5.56 Å². The molecule has 0 spiro atoms. The first-order valence-corrected chi connectivity index (χ1v) is 6.00. The van der Waals surface area contributed by atoms with Gasteiger partial charge in [-0.1, -0.05) is 22.0 Å². The van der Waals surface area contributed by atoms with Crippen molar-refractivity contribution in [1.82, 2.24) is 0 Å². The van der Waals surface area contributed by atoms with E-state index in [4.69, 9.17) is 0 Å². The highest BCUT2D eigenvalue weighted by atomic mass is 79.9. The van der Waals surface area contributed by atoms with Crippen molar-refractivity contribution in [2.45, 2.75) is 23.6 Å². The van der Waals surface area contributed by atoms with Crippen LogP contribution in [0.3, 0.4) is 0 Å². The van der Waals surface area contributed by atoms with E-state index in [9.17, 15) is 35.5 Å². The molecule has 0 radical (unpaired) electrons. The quantitative estimate of drug-likeness (QED) is 0.599. The predicted octanol–water partition coefficient (Wildman–Crippen LogP) is 4.33. The third kappa shape index (κ3) is 3.30. The Morgan fingerprint density at radius 1 is 1.10 bits per heavy atom. The molecule has 0 heterocycles. The van der Waals surface area contributed by atoms with Crippen LogP contribution in [0.5, 0.6) is 0 Å². The van der Waals surface area contributed by atoms with E-state index in [1.54, 1.807) is 0 Å². The average Bonchev–Trinajstić information content (AvgIpc) is 2.29. The summed E-state index contributed by atoms with van der Waals surface area (Å²) in [4.78, 5) is 11.5. The number of halogens is 8. The number of hydrogen-bond acceptors (Lipinski definition) is 1. The number of alkyl halides is 7. The van der Waals surface area contributed by atoms with Crippen molar-refractivity contribution in [2.24, 2.45) is 0 Å². The third-order valence-corrected chi connectivity index (χ3v) is 3.80. The molecular formula is C11H7BrF7NO. The first kappa shape index (κ1) is 17.7. The molecule has 0 aliphatic carbocycles. The molecule has 0 aliphatic heterocycles. The van der Waals surface area contributed by atoms with Gasteiger partial charge in [0.15, 0.2) is 0 Å². The lowest BCUT2D eigenvalue weighted by molar-refractivity contribution is -0.253. The van der Waals surface area contributed by atoms with Crippen molar-refractivity contribution in [3.05, 3.63) is 29.6 Å². The second-order valence-electron chi connectivity index (χ2n) is 4.07. The van der Waals surface area contributed by atoms with Crippen LogP contribution < -0.4 is 5.32 Å². The molecule has 0 fully saturated rings. The Bertz CT molecular complexity index is 538. The standard InChI is InChI=1S/C11H7BrF7NO/c1-5-2-3-6(13)4-7(5)20-8(21)9(12,10(14,15)16)11(17,18)19/h2-4H,1H3,(H,20,21). The van der Waals surface area contributed by atoms with Crippen LogP contribution in [0.4, 0.5) is 36.4 Å². The molecule has 0 saturated heterocycles. The summed E-state index contributed by atoms with van der Waals surface area (Å²) in [6, 6.07) is 2.66. The lowest BCUT2D eigenvalue weighted by atomic mass is 10.1. The van der Waals surface area contributed by atoms with E-state index < -0.39 is 34.1 Å². The average molecular weight is 382 g/mol. The molecule has 1 N–H and O–H groups in total. The molecule has 0 aromatic heterocycles. The van der Waals surface area contributed by atoms with Gasteiger partial charge in [0.05, 0.1) is 0 Å². The Morgan fingerprint density at radius 2 is 1.57 bits per heavy atom. The van der Waals surface area contributed by atoms with Crippen molar-refractivity contribution in [2.75, 3.05) is 5.32 Å². The molecule has 1 amide bonds. The highest BCUT2D eigenvalue weighted by molar-refractivity contribution is 9.10. The van der Waals surface area contributed by atoms with Gasteiger partial charge in [0.2, 0.25) is 0 Å². The van der Waals surface area contributed by atoms with Gasteiger partial charge in [0.25, 0.3) is 10.2 Å². The van der Waals surface area contributed by atoms with Crippen molar-refractivity contribution >= 4 is 27.5 Å². The van der Waals surface area contributed by atoms with Gasteiger partial charge in [-0.25, -0.2) is 4.39 Å². The fourth-order valence-corrected chi connectivity index (χ4v) is 1.45. The van der Waals surface area contributed by atoms with Gasteiger partial charge >= 0.3 is 12.4 Å². The van der Waals surface area contributed by atoms with E-state index in [0.29, 0.717) is 6.07 Å². The van der Waals surface area contributed by atoms with Gasteiger partial charge in [-0.05, 0) is 24.6 Å². The topological polar surface area (TPSA) is 29.1 Å². The van der Waals surface area contributed by atoms with Crippen LogP contribution >= 0.6 is 15.9 Å². The van der Waals surface area contributed by atoms with E-state index in [0.717, 1.165) is 12.1 Å². The molecule has 1 aromatic carbocycles. The molecule has 0 unspecified atom stereocenters. The van der Waals surface area contributed by atoms with Crippen molar-refractivity contribution in [3.63, 3.8) is 0 Å². The number of benzene rings is 1. The zero-order valence-electron chi connectivity index (χ0n) is 10.2. The Labute approximate surface area is 122 Å². The molecule has 0 bridgehead atoms. The van der Waals surface area contributed by atoms with Crippen LogP contribution in [0.2, 0.25) is 0 Å². The fourth-order valence-electron chi connectivity index (χ4n) is 1.36. The lowest BCUT2D eigenvalue weighted by Gasteiger charge is -2.30. The van der Waals surface area contributed by atoms with Crippen LogP contribution in [-0.4, -0.2) is 22.6 Å². The number of anilines is 1. The summed E-state index contributed by atoms with van der Waals surface area (Å²) in [6.07, 6.45) is -11.9. The highest BCUT2D eigenvalue weighted by Gasteiger charge is 2.74. The highest BCUT2D eigenvalue weighted by Crippen LogP contribution is 2.50. The summed E-state index contributed by atoms with van der Waals surface area (Å²) in [5.41, 5.74) is -0.388. The monoisotopic (exact) mass is 381 g/mol. The number of amides is 1. The number of carbonyl (C=O) groups is 1. The molecular weight excluding hydrogens is 375 g/mol. The van der Waals surface area contributed by atoms with E-state index in [2.05, 4.69) is 0 Å².